The molecule has 0 radical (unpaired) electrons. The Labute approximate surface area is 173 Å². The number of nitrogens with one attached hydrogen (secondary N) is 2. The predicted molar refractivity (Wildman–Crippen MR) is 105 cm³/mol. The maximum absolute atomic E-state index is 13.7. The normalized spacial score (nSPS) is 11.0. The van der Waals surface area contributed by atoms with Crippen LogP contribution in [0.15, 0.2) is 58.4 Å². The van der Waals surface area contributed by atoms with Crippen molar-refractivity contribution < 1.29 is 31.5 Å². The van der Waals surface area contributed by atoms with E-state index in [0.29, 0.717) is 6.07 Å². The Morgan fingerprint density at radius 1 is 1.17 bits per heavy atom. The summed E-state index contributed by atoms with van der Waals surface area (Å²) in [5.74, 6) is -3.57. The third-order valence-electron chi connectivity index (χ3n) is 3.42. The zero-order valence-corrected chi connectivity index (χ0v) is 17.1. The van der Waals surface area contributed by atoms with E-state index < -0.39 is 40.1 Å². The first-order chi connectivity index (χ1) is 13.6. The number of rotatable bonds is 8. The molecule has 11 heteroatoms. The van der Waals surface area contributed by atoms with Crippen LogP contribution in [0.4, 0.5) is 14.5 Å². The lowest BCUT2D eigenvalue weighted by Crippen LogP contribution is -2.24. The van der Waals surface area contributed by atoms with Gasteiger partial charge in [0.05, 0.1) is 16.1 Å². The van der Waals surface area contributed by atoms with Crippen LogP contribution in [0.3, 0.4) is 0 Å². The second kappa shape index (κ2) is 9.72. The Balaban J connectivity index is 1.97. The zero-order chi connectivity index (χ0) is 21.6. The second-order valence-electron chi connectivity index (χ2n) is 5.53. The number of ether oxygens (including phenoxy) is 1. The lowest BCUT2D eigenvalue weighted by atomic mass is 10.2. The van der Waals surface area contributed by atoms with Gasteiger partial charge in [-0.15, -0.1) is 6.58 Å². The minimum Gasteiger partial charge on any atom is -0.452 e. The summed E-state index contributed by atoms with van der Waals surface area (Å²) in [6.07, 6.45) is 1.38. The van der Waals surface area contributed by atoms with Crippen LogP contribution in [0.25, 0.3) is 0 Å². The van der Waals surface area contributed by atoms with Crippen molar-refractivity contribution in [3.05, 3.63) is 70.7 Å². The highest BCUT2D eigenvalue weighted by Crippen LogP contribution is 2.26. The summed E-state index contributed by atoms with van der Waals surface area (Å²) in [6.45, 7) is 2.72. The third-order valence-corrected chi connectivity index (χ3v) is 5.49. The highest BCUT2D eigenvalue weighted by atomic mass is 79.9. The number of benzene rings is 2. The maximum Gasteiger partial charge on any atom is 0.338 e. The molecule has 2 aromatic rings. The van der Waals surface area contributed by atoms with E-state index in [2.05, 4.69) is 32.5 Å². The van der Waals surface area contributed by atoms with E-state index in [1.807, 2.05) is 0 Å². The molecular weight excluding hydrogens is 474 g/mol. The number of carbonyl (C=O) groups excluding carboxylic acids is 2. The van der Waals surface area contributed by atoms with Crippen molar-refractivity contribution in [1.82, 2.24) is 4.72 Å². The standard InChI is InChI=1S/C18H15BrF2N2O5S/c1-2-7-22-29(26,27)13-5-3-11(4-6-13)18(25)28-10-16(24)23-17-14(19)8-12(20)9-15(17)21/h2-6,8-9,22H,1,7,10H2,(H,23,24). The van der Waals surface area contributed by atoms with Crippen molar-refractivity contribution in [2.24, 2.45) is 0 Å². The van der Waals surface area contributed by atoms with Crippen LogP contribution in [-0.2, 0) is 19.6 Å². The monoisotopic (exact) mass is 488 g/mol. The van der Waals surface area contributed by atoms with Gasteiger partial charge in [0.1, 0.15) is 5.82 Å². The molecule has 0 aliphatic heterocycles. The fourth-order valence-corrected chi connectivity index (χ4v) is 3.58. The molecule has 154 valence electrons. The van der Waals surface area contributed by atoms with Crippen molar-refractivity contribution in [1.29, 1.82) is 0 Å². The van der Waals surface area contributed by atoms with Gasteiger partial charge in [0.2, 0.25) is 10.0 Å². The Hall–Kier alpha value is -2.63. The van der Waals surface area contributed by atoms with Crippen molar-refractivity contribution in [2.45, 2.75) is 4.90 Å². The van der Waals surface area contributed by atoms with Gasteiger partial charge in [0, 0.05) is 17.1 Å². The molecule has 2 N–H and O–H groups in total. The molecule has 0 spiro atoms. The first kappa shape index (κ1) is 22.7. The van der Waals surface area contributed by atoms with Crippen LogP contribution in [0.2, 0.25) is 0 Å². The Kier molecular flexibility index (Phi) is 7.59. The lowest BCUT2D eigenvalue weighted by molar-refractivity contribution is -0.119. The van der Waals surface area contributed by atoms with Crippen molar-refractivity contribution in [2.75, 3.05) is 18.5 Å². The molecule has 0 unspecified atom stereocenters. The highest BCUT2D eigenvalue weighted by molar-refractivity contribution is 9.10. The van der Waals surface area contributed by atoms with Crippen LogP contribution in [0.1, 0.15) is 10.4 Å². The van der Waals surface area contributed by atoms with Gasteiger partial charge in [-0.05, 0) is 46.3 Å². The van der Waals surface area contributed by atoms with Gasteiger partial charge in [0.25, 0.3) is 5.91 Å². The predicted octanol–water partition coefficient (Wildman–Crippen LogP) is 2.99. The Morgan fingerprint density at radius 3 is 2.41 bits per heavy atom. The zero-order valence-electron chi connectivity index (χ0n) is 14.7. The molecule has 1 amide bonds. The molecule has 2 rings (SSSR count). The number of carbonyl (C=O) groups is 2. The second-order valence-corrected chi connectivity index (χ2v) is 8.15. The molecule has 2 aromatic carbocycles. The third kappa shape index (κ3) is 6.17. The molecule has 0 atom stereocenters. The molecule has 0 fully saturated rings. The maximum atomic E-state index is 13.7. The molecule has 0 aliphatic rings. The quantitative estimate of drug-likeness (QED) is 0.439. The molecular formula is C18H15BrF2N2O5S. The number of sulfonamides is 1. The van der Waals surface area contributed by atoms with Gasteiger partial charge in [-0.25, -0.2) is 26.7 Å². The summed E-state index contributed by atoms with van der Waals surface area (Å²) in [4.78, 5) is 23.8. The van der Waals surface area contributed by atoms with E-state index >= 15 is 0 Å². The lowest BCUT2D eigenvalue weighted by Gasteiger charge is -2.10. The molecule has 0 aliphatic carbocycles. The van der Waals surface area contributed by atoms with E-state index in [9.17, 15) is 26.8 Å². The minimum atomic E-state index is -3.74. The van der Waals surface area contributed by atoms with E-state index in [-0.39, 0.29) is 27.2 Å². The van der Waals surface area contributed by atoms with Crippen molar-refractivity contribution in [3.8, 4) is 0 Å². The minimum absolute atomic E-state index is 0.00890. The summed E-state index contributed by atoms with van der Waals surface area (Å²) in [6, 6.07) is 6.40. The largest absolute Gasteiger partial charge is 0.452 e. The summed E-state index contributed by atoms with van der Waals surface area (Å²) in [5, 5.41) is 2.16. The molecule has 0 saturated heterocycles. The van der Waals surface area contributed by atoms with Gasteiger partial charge in [-0.3, -0.25) is 4.79 Å². The first-order valence-electron chi connectivity index (χ1n) is 7.96. The van der Waals surface area contributed by atoms with Crippen LogP contribution in [0.5, 0.6) is 0 Å². The van der Waals surface area contributed by atoms with Gasteiger partial charge in [-0.2, -0.15) is 0 Å². The summed E-state index contributed by atoms with van der Waals surface area (Å²) >= 11 is 2.92. The van der Waals surface area contributed by atoms with Crippen molar-refractivity contribution in [3.63, 3.8) is 0 Å². The Bertz CT molecular complexity index is 1020. The molecule has 0 saturated carbocycles. The SMILES string of the molecule is C=CCNS(=O)(=O)c1ccc(C(=O)OCC(=O)Nc2c(F)cc(F)cc2Br)cc1. The van der Waals surface area contributed by atoms with Gasteiger partial charge >= 0.3 is 5.97 Å². The van der Waals surface area contributed by atoms with Crippen LogP contribution >= 0.6 is 15.9 Å². The van der Waals surface area contributed by atoms with Crippen LogP contribution in [-0.4, -0.2) is 33.4 Å². The first-order valence-corrected chi connectivity index (χ1v) is 10.2. The number of anilines is 1. The summed E-state index contributed by atoms with van der Waals surface area (Å²) in [7, 11) is -3.74. The topological polar surface area (TPSA) is 102 Å². The number of hydrogen-bond acceptors (Lipinski definition) is 5. The number of hydrogen-bond donors (Lipinski definition) is 2. The van der Waals surface area contributed by atoms with E-state index in [1.54, 1.807) is 0 Å². The molecule has 0 bridgehead atoms. The van der Waals surface area contributed by atoms with Gasteiger partial charge in [0.15, 0.2) is 12.4 Å². The van der Waals surface area contributed by atoms with E-state index in [0.717, 1.165) is 6.07 Å². The average molecular weight is 489 g/mol. The highest BCUT2D eigenvalue weighted by Gasteiger charge is 2.17. The molecule has 0 aromatic heterocycles. The number of esters is 1. The molecule has 0 heterocycles. The molecule has 7 nitrogen and oxygen atoms in total. The van der Waals surface area contributed by atoms with E-state index in [4.69, 9.17) is 4.74 Å². The summed E-state index contributed by atoms with van der Waals surface area (Å²) < 4.78 is 57.7. The van der Waals surface area contributed by atoms with Crippen molar-refractivity contribution >= 4 is 43.5 Å². The summed E-state index contributed by atoms with van der Waals surface area (Å²) in [5.41, 5.74) is -0.288. The smallest absolute Gasteiger partial charge is 0.338 e. The van der Waals surface area contributed by atoms with Crippen LogP contribution in [0, 0.1) is 11.6 Å². The number of amides is 1. The fraction of sp³-hybridized carbons (Fsp3) is 0.111. The molecule has 29 heavy (non-hydrogen) atoms. The van der Waals surface area contributed by atoms with Gasteiger partial charge < -0.3 is 10.1 Å². The van der Waals surface area contributed by atoms with E-state index in [1.165, 1.54) is 30.3 Å². The fourth-order valence-electron chi connectivity index (χ4n) is 2.07. The van der Waals surface area contributed by atoms with Crippen LogP contribution < -0.4 is 10.0 Å². The average Bonchev–Trinajstić information content (AvgIpc) is 2.67. The Morgan fingerprint density at radius 2 is 1.83 bits per heavy atom. The van der Waals surface area contributed by atoms with Gasteiger partial charge in [-0.1, -0.05) is 6.08 Å². The number of halogens is 3.